The Bertz CT molecular complexity index is 703. The van der Waals surface area contributed by atoms with E-state index >= 15 is 0 Å². The highest BCUT2D eigenvalue weighted by Crippen LogP contribution is 2.38. The zero-order valence-corrected chi connectivity index (χ0v) is 12.4. The Morgan fingerprint density at radius 1 is 1.55 bits per heavy atom. The summed E-state index contributed by atoms with van der Waals surface area (Å²) in [6, 6.07) is 1.71. The third kappa shape index (κ3) is 2.55. The number of rotatable bonds is 4. The number of hydrogen-bond donors (Lipinski definition) is 1. The lowest BCUT2D eigenvalue weighted by molar-refractivity contribution is 0.112. The van der Waals surface area contributed by atoms with Crippen molar-refractivity contribution in [1.82, 2.24) is 9.88 Å². The Hall–Kier alpha value is -2.21. The van der Waals surface area contributed by atoms with E-state index in [1.807, 2.05) is 31.9 Å². The normalized spacial score (nSPS) is 12.2. The lowest BCUT2D eigenvalue weighted by Gasteiger charge is -2.12. The van der Waals surface area contributed by atoms with Gasteiger partial charge in [-0.15, -0.1) is 11.3 Å². The topological polar surface area (TPSA) is 71.6 Å². The SMILES string of the molecule is C/C=C(\C)N(C)C=Nc1c(C=O)sc2nccc(N)c12. The van der Waals surface area contributed by atoms with Crippen molar-refractivity contribution >= 4 is 45.6 Å². The number of fused-ring (bicyclic) bond motifs is 1. The standard InChI is InChI=1S/C14H16N4OS/c1-4-9(2)18(3)8-17-13-11(7-19)20-14-12(13)10(15)5-6-16-14/h4-8H,1-3H3,(H2,15,16)/b9-4+,17-8?. The van der Waals surface area contributed by atoms with Crippen molar-refractivity contribution < 1.29 is 4.79 Å². The molecule has 0 atom stereocenters. The Morgan fingerprint density at radius 3 is 2.95 bits per heavy atom. The van der Waals surface area contributed by atoms with Crippen LogP contribution in [0.5, 0.6) is 0 Å². The molecule has 2 aromatic rings. The van der Waals surface area contributed by atoms with Gasteiger partial charge in [-0.05, 0) is 19.9 Å². The second-order valence-electron chi connectivity index (χ2n) is 4.30. The minimum Gasteiger partial charge on any atom is -0.398 e. The zero-order valence-electron chi connectivity index (χ0n) is 11.6. The molecule has 5 nitrogen and oxygen atoms in total. The first-order valence-corrected chi connectivity index (χ1v) is 6.92. The molecule has 6 heteroatoms. The highest BCUT2D eigenvalue weighted by Gasteiger charge is 2.14. The first kappa shape index (κ1) is 14.2. The molecule has 0 aliphatic carbocycles. The molecule has 2 aromatic heterocycles. The van der Waals surface area contributed by atoms with Crippen LogP contribution in [0.15, 0.2) is 29.0 Å². The average molecular weight is 288 g/mol. The van der Waals surface area contributed by atoms with Crippen molar-refractivity contribution in [2.75, 3.05) is 12.8 Å². The zero-order chi connectivity index (χ0) is 14.7. The maximum atomic E-state index is 11.2. The number of anilines is 1. The first-order chi connectivity index (χ1) is 9.58. The molecule has 0 unspecified atom stereocenters. The summed E-state index contributed by atoms with van der Waals surface area (Å²) >= 11 is 1.30. The molecular weight excluding hydrogens is 272 g/mol. The van der Waals surface area contributed by atoms with Crippen LogP contribution in [0.2, 0.25) is 0 Å². The summed E-state index contributed by atoms with van der Waals surface area (Å²) in [5.74, 6) is 0. The van der Waals surface area contributed by atoms with Gasteiger partial charge >= 0.3 is 0 Å². The van der Waals surface area contributed by atoms with Crippen molar-refractivity contribution in [1.29, 1.82) is 0 Å². The minimum atomic E-state index is 0.535. The van der Waals surface area contributed by atoms with Gasteiger partial charge < -0.3 is 10.6 Å². The van der Waals surface area contributed by atoms with E-state index in [0.717, 1.165) is 22.2 Å². The average Bonchev–Trinajstić information content (AvgIpc) is 2.83. The van der Waals surface area contributed by atoms with Gasteiger partial charge in [-0.2, -0.15) is 0 Å². The number of thiophene rings is 1. The number of allylic oxidation sites excluding steroid dienone is 2. The van der Waals surface area contributed by atoms with Crippen LogP contribution in [-0.4, -0.2) is 29.6 Å². The number of carbonyl (C=O) groups is 1. The van der Waals surface area contributed by atoms with Gasteiger partial charge in [-0.3, -0.25) is 4.79 Å². The number of nitrogen functional groups attached to an aromatic ring is 1. The Morgan fingerprint density at radius 2 is 2.30 bits per heavy atom. The number of aliphatic imine (C=N–C) groups is 1. The van der Waals surface area contributed by atoms with E-state index in [1.54, 1.807) is 18.6 Å². The van der Waals surface area contributed by atoms with Crippen LogP contribution in [0.4, 0.5) is 11.4 Å². The summed E-state index contributed by atoms with van der Waals surface area (Å²) in [6.45, 7) is 3.94. The van der Waals surface area contributed by atoms with Gasteiger partial charge in [0.05, 0.1) is 22.3 Å². The van der Waals surface area contributed by atoms with Gasteiger partial charge in [0.15, 0.2) is 6.29 Å². The lowest BCUT2D eigenvalue weighted by atomic mass is 10.2. The summed E-state index contributed by atoms with van der Waals surface area (Å²) < 4.78 is 0. The maximum Gasteiger partial charge on any atom is 0.162 e. The smallest absolute Gasteiger partial charge is 0.162 e. The highest BCUT2D eigenvalue weighted by molar-refractivity contribution is 7.21. The molecule has 20 heavy (non-hydrogen) atoms. The van der Waals surface area contributed by atoms with Gasteiger partial charge in [-0.1, -0.05) is 6.08 Å². The summed E-state index contributed by atoms with van der Waals surface area (Å²) in [5, 5.41) is 0.738. The first-order valence-electron chi connectivity index (χ1n) is 6.10. The second kappa shape index (κ2) is 5.83. The number of nitrogens with zero attached hydrogens (tertiary/aromatic N) is 3. The molecule has 104 valence electrons. The van der Waals surface area contributed by atoms with Crippen LogP contribution in [0.1, 0.15) is 23.5 Å². The third-order valence-corrected chi connectivity index (χ3v) is 4.08. The molecule has 0 saturated heterocycles. The van der Waals surface area contributed by atoms with Crippen molar-refractivity contribution in [2.45, 2.75) is 13.8 Å². The molecule has 0 amide bonds. The van der Waals surface area contributed by atoms with Gasteiger partial charge in [0, 0.05) is 24.6 Å². The van der Waals surface area contributed by atoms with E-state index in [9.17, 15) is 4.79 Å². The van der Waals surface area contributed by atoms with Gasteiger partial charge in [-0.25, -0.2) is 9.98 Å². The molecule has 2 heterocycles. The predicted molar refractivity (Wildman–Crippen MR) is 84.8 cm³/mol. The Balaban J connectivity index is 2.53. The number of carbonyl (C=O) groups excluding carboxylic acids is 1. The fraction of sp³-hybridized carbons (Fsp3) is 0.214. The number of nitrogens with two attached hydrogens (primary N) is 1. The van der Waals surface area contributed by atoms with E-state index in [4.69, 9.17) is 5.73 Å². The quantitative estimate of drug-likeness (QED) is 0.532. The maximum absolute atomic E-state index is 11.2. The highest BCUT2D eigenvalue weighted by atomic mass is 32.1. The molecular formula is C14H16N4OS. The van der Waals surface area contributed by atoms with Crippen LogP contribution in [-0.2, 0) is 0 Å². The van der Waals surface area contributed by atoms with Gasteiger partial charge in [0.2, 0.25) is 0 Å². The predicted octanol–water partition coefficient (Wildman–Crippen LogP) is 3.21. The van der Waals surface area contributed by atoms with Gasteiger partial charge in [0.1, 0.15) is 4.83 Å². The van der Waals surface area contributed by atoms with Crippen LogP contribution in [0.3, 0.4) is 0 Å². The van der Waals surface area contributed by atoms with Crippen LogP contribution < -0.4 is 5.73 Å². The largest absolute Gasteiger partial charge is 0.398 e. The van der Waals surface area contributed by atoms with E-state index < -0.39 is 0 Å². The van der Waals surface area contributed by atoms with Crippen molar-refractivity contribution in [2.24, 2.45) is 4.99 Å². The number of aromatic nitrogens is 1. The summed E-state index contributed by atoms with van der Waals surface area (Å²) in [7, 11) is 1.90. The van der Waals surface area contributed by atoms with Crippen molar-refractivity contribution in [3.63, 3.8) is 0 Å². The van der Waals surface area contributed by atoms with Crippen LogP contribution in [0.25, 0.3) is 10.2 Å². The molecule has 2 rings (SSSR count). The van der Waals surface area contributed by atoms with Crippen LogP contribution >= 0.6 is 11.3 Å². The Kier molecular flexibility index (Phi) is 4.14. The summed E-state index contributed by atoms with van der Waals surface area (Å²) in [5.41, 5.74) is 8.20. The summed E-state index contributed by atoms with van der Waals surface area (Å²) in [4.78, 5) is 23.0. The Labute approximate surface area is 121 Å². The minimum absolute atomic E-state index is 0.535. The summed E-state index contributed by atoms with van der Waals surface area (Å²) in [6.07, 6.45) is 6.08. The molecule has 0 aliphatic heterocycles. The molecule has 0 fully saturated rings. The molecule has 0 bridgehead atoms. The monoisotopic (exact) mass is 288 g/mol. The van der Waals surface area contributed by atoms with Crippen LogP contribution in [0, 0.1) is 0 Å². The lowest BCUT2D eigenvalue weighted by Crippen LogP contribution is -2.12. The van der Waals surface area contributed by atoms with E-state index in [1.165, 1.54) is 11.3 Å². The van der Waals surface area contributed by atoms with E-state index in [-0.39, 0.29) is 0 Å². The van der Waals surface area contributed by atoms with Gasteiger partial charge in [0.25, 0.3) is 0 Å². The number of aldehydes is 1. The van der Waals surface area contributed by atoms with E-state index in [0.29, 0.717) is 16.3 Å². The third-order valence-electron chi connectivity index (χ3n) is 3.07. The van der Waals surface area contributed by atoms with Crippen molar-refractivity contribution in [3.8, 4) is 0 Å². The van der Waals surface area contributed by atoms with Crippen molar-refractivity contribution in [3.05, 3.63) is 28.9 Å². The fourth-order valence-electron chi connectivity index (χ4n) is 1.69. The second-order valence-corrected chi connectivity index (χ2v) is 5.33. The number of pyridine rings is 1. The molecule has 0 radical (unpaired) electrons. The number of hydrogen-bond acceptors (Lipinski definition) is 5. The molecule has 0 saturated carbocycles. The molecule has 0 aromatic carbocycles. The molecule has 0 aliphatic rings. The fourth-order valence-corrected chi connectivity index (χ4v) is 2.63. The molecule has 0 spiro atoms. The molecule has 2 N–H and O–H groups in total. The van der Waals surface area contributed by atoms with E-state index in [2.05, 4.69) is 9.98 Å².